The summed E-state index contributed by atoms with van der Waals surface area (Å²) in [4.78, 5) is 47.7. The highest BCUT2D eigenvalue weighted by molar-refractivity contribution is 6.08. The molecule has 2 N–H and O–H groups in total. The monoisotopic (exact) mass is 333 g/mol. The molecule has 0 aromatic heterocycles. The van der Waals surface area contributed by atoms with E-state index in [9.17, 15) is 19.2 Å². The number of hydrogen-bond acceptors (Lipinski definition) is 5. The van der Waals surface area contributed by atoms with Crippen LogP contribution >= 0.6 is 0 Å². The predicted molar refractivity (Wildman–Crippen MR) is 83.1 cm³/mol. The highest BCUT2D eigenvalue weighted by Gasteiger charge is 2.49. The molecule has 4 amide bonds. The number of benzene rings is 1. The number of imide groups is 1. The molecular formula is C16H19N3O5. The number of urea groups is 1. The lowest BCUT2D eigenvalue weighted by Crippen LogP contribution is -2.49. The van der Waals surface area contributed by atoms with Crippen molar-refractivity contribution in [2.45, 2.75) is 26.3 Å². The van der Waals surface area contributed by atoms with Gasteiger partial charge in [0.2, 0.25) is 0 Å². The molecule has 8 heteroatoms. The third-order valence-electron chi connectivity index (χ3n) is 3.60. The molecule has 0 radical (unpaired) electrons. The van der Waals surface area contributed by atoms with Crippen molar-refractivity contribution in [3.63, 3.8) is 0 Å². The quantitative estimate of drug-likeness (QED) is 0.609. The van der Waals surface area contributed by atoms with Crippen molar-refractivity contribution in [3.05, 3.63) is 35.9 Å². The number of carbonyl (C=O) groups excluding carboxylic acids is 4. The van der Waals surface area contributed by atoms with Crippen LogP contribution in [0.4, 0.5) is 4.79 Å². The van der Waals surface area contributed by atoms with E-state index in [1.54, 1.807) is 51.1 Å². The van der Waals surface area contributed by atoms with Gasteiger partial charge in [-0.2, -0.15) is 5.01 Å². The first-order valence-electron chi connectivity index (χ1n) is 7.44. The summed E-state index contributed by atoms with van der Waals surface area (Å²) in [6.45, 7) is 4.23. The lowest BCUT2D eigenvalue weighted by atomic mass is 9.92. The number of hydrogen-bond donors (Lipinski definition) is 2. The van der Waals surface area contributed by atoms with E-state index in [1.807, 2.05) is 0 Å². The number of rotatable bonds is 5. The molecular weight excluding hydrogens is 314 g/mol. The lowest BCUT2D eigenvalue weighted by Gasteiger charge is -2.22. The van der Waals surface area contributed by atoms with Gasteiger partial charge in [0.15, 0.2) is 6.61 Å². The fourth-order valence-corrected chi connectivity index (χ4v) is 2.17. The van der Waals surface area contributed by atoms with Crippen LogP contribution in [0.3, 0.4) is 0 Å². The van der Waals surface area contributed by atoms with Gasteiger partial charge in [0.1, 0.15) is 5.54 Å². The van der Waals surface area contributed by atoms with Crippen LogP contribution < -0.4 is 10.7 Å². The smallest absolute Gasteiger partial charge is 0.344 e. The van der Waals surface area contributed by atoms with Gasteiger partial charge in [-0.25, -0.2) is 4.79 Å². The number of carbonyl (C=O) groups is 4. The summed E-state index contributed by atoms with van der Waals surface area (Å²) in [5, 5.41) is 3.15. The first-order chi connectivity index (χ1) is 11.3. The van der Waals surface area contributed by atoms with Crippen LogP contribution in [0.2, 0.25) is 0 Å². The molecule has 128 valence electrons. The Hall–Kier alpha value is -2.90. The lowest BCUT2D eigenvalue weighted by molar-refractivity contribution is -0.153. The van der Waals surface area contributed by atoms with Crippen LogP contribution in [0.1, 0.15) is 26.3 Å². The summed E-state index contributed by atoms with van der Waals surface area (Å²) >= 11 is 0. The molecule has 0 spiro atoms. The average molecular weight is 333 g/mol. The number of amides is 4. The van der Waals surface area contributed by atoms with Crippen molar-refractivity contribution in [2.75, 3.05) is 6.61 Å². The predicted octanol–water partition coefficient (Wildman–Crippen LogP) is 0.684. The Morgan fingerprint density at radius 2 is 1.88 bits per heavy atom. The Kier molecular flexibility index (Phi) is 4.87. The average Bonchev–Trinajstić information content (AvgIpc) is 2.77. The zero-order valence-electron chi connectivity index (χ0n) is 13.7. The van der Waals surface area contributed by atoms with Crippen molar-refractivity contribution in [3.8, 4) is 0 Å². The van der Waals surface area contributed by atoms with E-state index in [4.69, 9.17) is 4.74 Å². The van der Waals surface area contributed by atoms with E-state index in [1.165, 1.54) is 0 Å². The SMILES string of the molecule is CC(C)C(=O)OCC(=O)NN1C(=O)NC(C)(c2ccccc2)C1=O. The van der Waals surface area contributed by atoms with Crippen molar-refractivity contribution in [1.82, 2.24) is 15.8 Å². The van der Waals surface area contributed by atoms with Gasteiger partial charge in [-0.05, 0) is 12.5 Å². The number of esters is 1. The van der Waals surface area contributed by atoms with Crippen molar-refractivity contribution >= 4 is 23.8 Å². The number of nitrogens with zero attached hydrogens (tertiary/aromatic N) is 1. The summed E-state index contributed by atoms with van der Waals surface area (Å²) in [6.07, 6.45) is 0. The molecule has 1 fully saturated rings. The summed E-state index contributed by atoms with van der Waals surface area (Å²) in [6, 6.07) is 7.92. The Bertz CT molecular complexity index is 674. The highest BCUT2D eigenvalue weighted by atomic mass is 16.5. The Labute approximate surface area is 139 Å². The minimum atomic E-state index is -1.28. The zero-order chi connectivity index (χ0) is 17.9. The van der Waals surface area contributed by atoms with Crippen LogP contribution in [0.15, 0.2) is 30.3 Å². The minimum Gasteiger partial charge on any atom is -0.455 e. The topological polar surface area (TPSA) is 105 Å². The molecule has 1 aromatic carbocycles. The van der Waals surface area contributed by atoms with E-state index >= 15 is 0 Å². The van der Waals surface area contributed by atoms with Gasteiger partial charge in [0, 0.05) is 0 Å². The second-order valence-corrected chi connectivity index (χ2v) is 5.86. The molecule has 2 rings (SSSR count). The molecule has 1 atom stereocenters. The summed E-state index contributed by atoms with van der Waals surface area (Å²) in [5.41, 5.74) is 1.46. The maximum Gasteiger partial charge on any atom is 0.344 e. The van der Waals surface area contributed by atoms with Gasteiger partial charge < -0.3 is 10.1 Å². The van der Waals surface area contributed by atoms with Gasteiger partial charge in [-0.1, -0.05) is 44.2 Å². The fraction of sp³-hybridized carbons (Fsp3) is 0.375. The molecule has 1 heterocycles. The maximum atomic E-state index is 12.5. The Morgan fingerprint density at radius 3 is 2.46 bits per heavy atom. The van der Waals surface area contributed by atoms with Gasteiger partial charge >= 0.3 is 12.0 Å². The van der Waals surface area contributed by atoms with E-state index in [-0.39, 0.29) is 5.92 Å². The third-order valence-corrected chi connectivity index (χ3v) is 3.60. The third kappa shape index (κ3) is 3.37. The van der Waals surface area contributed by atoms with Crippen molar-refractivity contribution in [1.29, 1.82) is 0 Å². The molecule has 8 nitrogen and oxygen atoms in total. The molecule has 0 saturated carbocycles. The summed E-state index contributed by atoms with van der Waals surface area (Å²) in [7, 11) is 0. The van der Waals surface area contributed by atoms with Crippen LogP contribution in [0.25, 0.3) is 0 Å². The molecule has 24 heavy (non-hydrogen) atoms. The van der Waals surface area contributed by atoms with Gasteiger partial charge in [-0.15, -0.1) is 0 Å². The van der Waals surface area contributed by atoms with E-state index in [0.29, 0.717) is 10.6 Å². The zero-order valence-corrected chi connectivity index (χ0v) is 13.7. The molecule has 0 aliphatic carbocycles. The largest absolute Gasteiger partial charge is 0.455 e. The molecule has 1 saturated heterocycles. The molecule has 1 aromatic rings. The standard InChI is InChI=1S/C16H19N3O5/c1-10(2)13(21)24-9-12(20)18-19-14(22)16(3,17-15(19)23)11-7-5-4-6-8-11/h4-8,10H,9H2,1-3H3,(H,17,23)(H,18,20). The van der Waals surface area contributed by atoms with Crippen LogP contribution in [0.5, 0.6) is 0 Å². The van der Waals surface area contributed by atoms with Crippen LogP contribution in [-0.2, 0) is 24.7 Å². The van der Waals surface area contributed by atoms with Crippen molar-refractivity contribution in [2.24, 2.45) is 5.92 Å². The van der Waals surface area contributed by atoms with Crippen molar-refractivity contribution < 1.29 is 23.9 Å². The second kappa shape index (κ2) is 6.69. The summed E-state index contributed by atoms with van der Waals surface area (Å²) in [5.74, 6) is -2.32. The molecule has 1 aliphatic heterocycles. The molecule has 1 unspecified atom stereocenters. The molecule has 1 aliphatic rings. The number of hydrazine groups is 1. The number of ether oxygens (including phenoxy) is 1. The number of nitrogens with one attached hydrogen (secondary N) is 2. The Balaban J connectivity index is 2.04. The first kappa shape index (κ1) is 17.5. The van der Waals surface area contributed by atoms with Crippen LogP contribution in [0, 0.1) is 5.92 Å². The Morgan fingerprint density at radius 1 is 1.25 bits per heavy atom. The summed E-state index contributed by atoms with van der Waals surface area (Å²) < 4.78 is 4.76. The minimum absolute atomic E-state index is 0.379. The first-order valence-corrected chi connectivity index (χ1v) is 7.44. The highest BCUT2D eigenvalue weighted by Crippen LogP contribution is 2.27. The van der Waals surface area contributed by atoms with Gasteiger partial charge in [0.05, 0.1) is 5.92 Å². The second-order valence-electron chi connectivity index (χ2n) is 5.86. The van der Waals surface area contributed by atoms with E-state index in [0.717, 1.165) is 0 Å². The van der Waals surface area contributed by atoms with Gasteiger partial charge in [0.25, 0.3) is 11.8 Å². The van der Waals surface area contributed by atoms with Crippen LogP contribution in [-0.4, -0.2) is 35.4 Å². The normalized spacial score (nSPS) is 20.1. The van der Waals surface area contributed by atoms with E-state index < -0.39 is 36.0 Å². The fourth-order valence-electron chi connectivity index (χ4n) is 2.17. The van der Waals surface area contributed by atoms with Gasteiger partial charge in [-0.3, -0.25) is 19.8 Å². The molecule has 0 bridgehead atoms. The maximum absolute atomic E-state index is 12.5. The van der Waals surface area contributed by atoms with E-state index in [2.05, 4.69) is 10.7 Å².